The number of hydrogen-bond acceptors (Lipinski definition) is 2. The zero-order chi connectivity index (χ0) is 12.4. The van der Waals surface area contributed by atoms with Crippen LogP contribution >= 0.6 is 0 Å². The lowest BCUT2D eigenvalue weighted by molar-refractivity contribution is 0.215. The molecule has 0 aliphatic rings. The molecule has 1 unspecified atom stereocenters. The van der Waals surface area contributed by atoms with Crippen LogP contribution < -0.4 is 5.32 Å². The average Bonchev–Trinajstić information content (AvgIpc) is 2.31. The minimum atomic E-state index is 0.620. The molecule has 0 heterocycles. The van der Waals surface area contributed by atoms with E-state index in [1.165, 1.54) is 38.9 Å². The fourth-order valence-electron chi connectivity index (χ4n) is 2.09. The van der Waals surface area contributed by atoms with Gasteiger partial charge in [0, 0.05) is 19.1 Å². The van der Waals surface area contributed by atoms with E-state index in [9.17, 15) is 0 Å². The highest BCUT2D eigenvalue weighted by molar-refractivity contribution is 4.69. The van der Waals surface area contributed by atoms with Crippen LogP contribution in [0.1, 0.15) is 53.9 Å². The van der Waals surface area contributed by atoms with Crippen LogP contribution in [0, 0.1) is 5.92 Å². The molecule has 0 saturated heterocycles. The highest BCUT2D eigenvalue weighted by Gasteiger charge is 2.12. The maximum Gasteiger partial charge on any atom is 0.0166 e. The van der Waals surface area contributed by atoms with Crippen molar-refractivity contribution in [2.45, 2.75) is 59.9 Å². The predicted molar refractivity (Wildman–Crippen MR) is 73.9 cm³/mol. The minimum absolute atomic E-state index is 0.620. The Hall–Kier alpha value is -0.0800. The van der Waals surface area contributed by atoms with Crippen molar-refractivity contribution in [2.75, 3.05) is 26.2 Å². The molecule has 0 bridgehead atoms. The first-order valence-electron chi connectivity index (χ1n) is 7.13. The summed E-state index contributed by atoms with van der Waals surface area (Å²) in [7, 11) is 0. The maximum absolute atomic E-state index is 3.56. The fraction of sp³-hybridized carbons (Fsp3) is 1.00. The van der Waals surface area contributed by atoms with Gasteiger partial charge in [-0.25, -0.2) is 0 Å². The second-order valence-corrected chi connectivity index (χ2v) is 4.89. The lowest BCUT2D eigenvalue weighted by Crippen LogP contribution is -2.41. The van der Waals surface area contributed by atoms with Crippen LogP contribution in [-0.2, 0) is 0 Å². The summed E-state index contributed by atoms with van der Waals surface area (Å²) in [5, 5.41) is 3.56. The van der Waals surface area contributed by atoms with Crippen LogP contribution in [-0.4, -0.2) is 37.1 Å². The Morgan fingerprint density at radius 2 is 1.62 bits per heavy atom. The van der Waals surface area contributed by atoms with Crippen LogP contribution in [0.2, 0.25) is 0 Å². The topological polar surface area (TPSA) is 15.3 Å². The van der Waals surface area contributed by atoms with Gasteiger partial charge in [-0.05, 0) is 32.4 Å². The summed E-state index contributed by atoms with van der Waals surface area (Å²) in [4.78, 5) is 2.59. The molecule has 0 aromatic heterocycles. The van der Waals surface area contributed by atoms with Crippen LogP contribution in [0.5, 0.6) is 0 Å². The molecule has 0 rings (SSSR count). The summed E-state index contributed by atoms with van der Waals surface area (Å²) in [5.74, 6) is 0.873. The van der Waals surface area contributed by atoms with Crippen molar-refractivity contribution in [3.8, 4) is 0 Å². The Morgan fingerprint density at radius 1 is 1.00 bits per heavy atom. The molecule has 98 valence electrons. The van der Waals surface area contributed by atoms with Crippen molar-refractivity contribution in [3.05, 3.63) is 0 Å². The third kappa shape index (κ3) is 7.24. The molecule has 0 fully saturated rings. The molecule has 1 atom stereocenters. The Bertz CT molecular complexity index is 144. The molecule has 2 heteroatoms. The third-order valence-corrected chi connectivity index (χ3v) is 3.39. The summed E-state index contributed by atoms with van der Waals surface area (Å²) in [6.07, 6.45) is 3.84. The first-order valence-corrected chi connectivity index (χ1v) is 7.13. The zero-order valence-corrected chi connectivity index (χ0v) is 12.1. The van der Waals surface area contributed by atoms with Gasteiger partial charge in [-0.15, -0.1) is 0 Å². The van der Waals surface area contributed by atoms with Gasteiger partial charge in [-0.3, -0.25) is 0 Å². The van der Waals surface area contributed by atoms with Gasteiger partial charge in [0.15, 0.2) is 0 Å². The van der Waals surface area contributed by atoms with E-state index in [0.717, 1.165) is 12.5 Å². The normalized spacial score (nSPS) is 13.7. The number of nitrogens with one attached hydrogen (secondary N) is 1. The van der Waals surface area contributed by atoms with Crippen molar-refractivity contribution in [1.82, 2.24) is 10.2 Å². The summed E-state index contributed by atoms with van der Waals surface area (Å²) < 4.78 is 0. The van der Waals surface area contributed by atoms with Gasteiger partial charge < -0.3 is 10.2 Å². The molecular weight excluding hydrogens is 196 g/mol. The van der Waals surface area contributed by atoms with E-state index in [0.29, 0.717) is 6.04 Å². The van der Waals surface area contributed by atoms with Crippen LogP contribution in [0.15, 0.2) is 0 Å². The lowest BCUT2D eigenvalue weighted by Gasteiger charge is -2.28. The summed E-state index contributed by atoms with van der Waals surface area (Å²) >= 11 is 0. The standard InChI is InChI=1S/C14H32N2/c1-6-10-15-13(5)11-16(9-4)12-14(7-2)8-3/h13-15H,6-12H2,1-5H3. The first-order chi connectivity index (χ1) is 7.67. The van der Waals surface area contributed by atoms with E-state index >= 15 is 0 Å². The third-order valence-electron chi connectivity index (χ3n) is 3.39. The molecule has 1 N–H and O–H groups in total. The molecule has 2 nitrogen and oxygen atoms in total. The smallest absolute Gasteiger partial charge is 0.0166 e. The van der Waals surface area contributed by atoms with Crippen LogP contribution in [0.3, 0.4) is 0 Å². The summed E-state index contributed by atoms with van der Waals surface area (Å²) in [5.41, 5.74) is 0. The van der Waals surface area contributed by atoms with E-state index in [2.05, 4.69) is 44.8 Å². The van der Waals surface area contributed by atoms with Crippen molar-refractivity contribution in [1.29, 1.82) is 0 Å². The van der Waals surface area contributed by atoms with Gasteiger partial charge in [0.1, 0.15) is 0 Å². The molecule has 0 radical (unpaired) electrons. The van der Waals surface area contributed by atoms with E-state index in [1.807, 2.05) is 0 Å². The number of hydrogen-bond donors (Lipinski definition) is 1. The van der Waals surface area contributed by atoms with E-state index in [-0.39, 0.29) is 0 Å². The molecule has 0 aliphatic heterocycles. The lowest BCUT2D eigenvalue weighted by atomic mass is 10.0. The van der Waals surface area contributed by atoms with Crippen molar-refractivity contribution >= 4 is 0 Å². The minimum Gasteiger partial charge on any atom is -0.313 e. The molecule has 0 aromatic carbocycles. The number of rotatable bonds is 10. The Morgan fingerprint density at radius 3 is 2.06 bits per heavy atom. The predicted octanol–water partition coefficient (Wildman–Crippen LogP) is 3.13. The van der Waals surface area contributed by atoms with Crippen molar-refractivity contribution in [2.24, 2.45) is 5.92 Å². The molecule has 0 aromatic rings. The van der Waals surface area contributed by atoms with Gasteiger partial charge in [-0.1, -0.05) is 40.5 Å². The zero-order valence-electron chi connectivity index (χ0n) is 12.1. The molecular formula is C14H32N2. The highest BCUT2D eigenvalue weighted by atomic mass is 15.1. The molecule has 0 spiro atoms. The largest absolute Gasteiger partial charge is 0.313 e. The number of nitrogens with zero attached hydrogens (tertiary/aromatic N) is 1. The maximum atomic E-state index is 3.56. The molecule has 0 aliphatic carbocycles. The van der Waals surface area contributed by atoms with Gasteiger partial charge in [0.05, 0.1) is 0 Å². The van der Waals surface area contributed by atoms with Crippen molar-refractivity contribution in [3.63, 3.8) is 0 Å². The first kappa shape index (κ1) is 15.9. The van der Waals surface area contributed by atoms with E-state index in [1.54, 1.807) is 0 Å². The van der Waals surface area contributed by atoms with E-state index < -0.39 is 0 Å². The Labute approximate surface area is 103 Å². The quantitative estimate of drug-likeness (QED) is 0.618. The second-order valence-electron chi connectivity index (χ2n) is 4.89. The van der Waals surface area contributed by atoms with Crippen LogP contribution in [0.25, 0.3) is 0 Å². The molecule has 16 heavy (non-hydrogen) atoms. The summed E-state index contributed by atoms with van der Waals surface area (Å²) in [6, 6.07) is 0.620. The molecule has 0 saturated carbocycles. The van der Waals surface area contributed by atoms with Gasteiger partial charge >= 0.3 is 0 Å². The molecule has 0 amide bonds. The second kappa shape index (κ2) is 10.1. The summed E-state index contributed by atoms with van der Waals surface area (Å²) in [6.45, 7) is 16.2. The van der Waals surface area contributed by atoms with Crippen molar-refractivity contribution < 1.29 is 0 Å². The Kier molecular flexibility index (Phi) is 10.0. The average molecular weight is 228 g/mol. The van der Waals surface area contributed by atoms with E-state index in [4.69, 9.17) is 0 Å². The monoisotopic (exact) mass is 228 g/mol. The highest BCUT2D eigenvalue weighted by Crippen LogP contribution is 2.10. The SMILES string of the molecule is CCCNC(C)CN(CC)CC(CC)CC. The Balaban J connectivity index is 3.88. The van der Waals surface area contributed by atoms with Gasteiger partial charge in [0.25, 0.3) is 0 Å². The van der Waals surface area contributed by atoms with Crippen LogP contribution in [0.4, 0.5) is 0 Å². The van der Waals surface area contributed by atoms with Gasteiger partial charge in [-0.2, -0.15) is 0 Å². The number of likely N-dealkylation sites (N-methyl/N-ethyl adjacent to an activating group) is 1. The van der Waals surface area contributed by atoms with Gasteiger partial charge in [0.2, 0.25) is 0 Å². The fourth-order valence-corrected chi connectivity index (χ4v) is 2.09.